The van der Waals surface area contributed by atoms with E-state index in [4.69, 9.17) is 0 Å². The number of rotatable bonds is 7. The fraction of sp³-hybridized carbons (Fsp3) is 1.00. The quantitative estimate of drug-likeness (QED) is 0.297. The van der Waals surface area contributed by atoms with E-state index < -0.39 is 0 Å². The molecule has 0 spiro atoms. The van der Waals surface area contributed by atoms with E-state index in [0.717, 1.165) is 71.0 Å². The molecule has 4 saturated carbocycles. The molecule has 0 saturated heterocycles. The second-order valence-electron chi connectivity index (χ2n) is 17.0. The number of fused-ring (bicyclic) bond motifs is 3. The molecular formula is C37H68. The zero-order valence-electron chi connectivity index (χ0n) is 27.5. The Hall–Kier alpha value is 0. The number of unbranched alkanes of at least 4 members (excludes halogenated alkanes) is 3. The van der Waals surface area contributed by atoms with Crippen LogP contribution >= 0.6 is 0 Å². The lowest BCUT2D eigenvalue weighted by atomic mass is 9.31. The van der Waals surface area contributed by atoms with E-state index in [1.165, 1.54) is 64.2 Å². The van der Waals surface area contributed by atoms with Gasteiger partial charge >= 0.3 is 0 Å². The van der Waals surface area contributed by atoms with Crippen LogP contribution in [-0.4, -0.2) is 0 Å². The van der Waals surface area contributed by atoms with E-state index in [1.54, 1.807) is 0 Å². The van der Waals surface area contributed by atoms with Crippen LogP contribution in [0.3, 0.4) is 0 Å². The summed E-state index contributed by atoms with van der Waals surface area (Å²) in [5.41, 5.74) is 1.47. The van der Waals surface area contributed by atoms with Gasteiger partial charge < -0.3 is 0 Å². The third kappa shape index (κ3) is 4.61. The van der Waals surface area contributed by atoms with Crippen molar-refractivity contribution in [1.82, 2.24) is 0 Å². The van der Waals surface area contributed by atoms with E-state index >= 15 is 0 Å². The molecule has 4 aliphatic carbocycles. The van der Waals surface area contributed by atoms with E-state index in [1.807, 2.05) is 0 Å². The first kappa shape index (κ1) is 30.0. The molecule has 0 radical (unpaired) electrons. The fourth-order valence-electron chi connectivity index (χ4n) is 13.7. The predicted octanol–water partition coefficient (Wildman–Crippen LogP) is 11.5. The summed E-state index contributed by atoms with van der Waals surface area (Å²) >= 11 is 0. The lowest BCUT2D eigenvalue weighted by Crippen LogP contribution is -2.67. The molecule has 0 bridgehead atoms. The van der Waals surface area contributed by atoms with Crippen LogP contribution in [-0.2, 0) is 0 Å². The first-order chi connectivity index (χ1) is 17.3. The highest BCUT2D eigenvalue weighted by molar-refractivity contribution is 5.17. The summed E-state index contributed by atoms with van der Waals surface area (Å²) in [6.45, 7) is 31.8. The Labute approximate surface area is 234 Å². The smallest absolute Gasteiger partial charge is 0.0215 e. The zero-order valence-corrected chi connectivity index (χ0v) is 27.5. The van der Waals surface area contributed by atoms with Gasteiger partial charge in [0.05, 0.1) is 0 Å². The fourth-order valence-corrected chi connectivity index (χ4v) is 13.7. The lowest BCUT2D eigenvalue weighted by molar-refractivity contribution is -0.250. The SMILES string of the molecule is CCCCCCC1CC(CC)C(C)C2C(C)C3C(C)C4(C)C(C)C(C(C)C)C(C)CC4(C)CC3(C)CC12. The third-order valence-electron chi connectivity index (χ3n) is 15.0. The van der Waals surface area contributed by atoms with Gasteiger partial charge in [0.15, 0.2) is 0 Å². The molecule has 14 unspecified atom stereocenters. The molecule has 0 aromatic heterocycles. The van der Waals surface area contributed by atoms with E-state index in [2.05, 4.69) is 83.1 Å². The van der Waals surface area contributed by atoms with Crippen molar-refractivity contribution in [2.75, 3.05) is 0 Å². The summed E-state index contributed by atoms with van der Waals surface area (Å²) in [5.74, 6) is 10.8. The minimum Gasteiger partial charge on any atom is -0.0654 e. The minimum absolute atomic E-state index is 0.460. The van der Waals surface area contributed by atoms with Crippen molar-refractivity contribution < 1.29 is 0 Å². The molecule has 0 nitrogen and oxygen atoms in total. The van der Waals surface area contributed by atoms with Gasteiger partial charge in [-0.05, 0) is 113 Å². The molecule has 0 heteroatoms. The van der Waals surface area contributed by atoms with Crippen LogP contribution in [0.5, 0.6) is 0 Å². The van der Waals surface area contributed by atoms with Gasteiger partial charge in [-0.3, -0.25) is 0 Å². The monoisotopic (exact) mass is 513 g/mol. The lowest BCUT2D eigenvalue weighted by Gasteiger charge is -2.73. The van der Waals surface area contributed by atoms with Crippen molar-refractivity contribution in [2.24, 2.45) is 87.3 Å². The first-order valence-corrected chi connectivity index (χ1v) is 17.3. The van der Waals surface area contributed by atoms with Crippen LogP contribution in [0.25, 0.3) is 0 Å². The van der Waals surface area contributed by atoms with Crippen molar-refractivity contribution in [3.8, 4) is 0 Å². The highest BCUT2D eigenvalue weighted by atomic mass is 14.7. The van der Waals surface area contributed by atoms with Crippen molar-refractivity contribution in [3.05, 3.63) is 0 Å². The van der Waals surface area contributed by atoms with Crippen molar-refractivity contribution >= 4 is 0 Å². The van der Waals surface area contributed by atoms with Crippen LogP contribution in [0.2, 0.25) is 0 Å². The maximum absolute atomic E-state index is 2.81. The highest BCUT2D eigenvalue weighted by Gasteiger charge is 2.68. The number of hydrogen-bond donors (Lipinski definition) is 0. The Morgan fingerprint density at radius 3 is 2.05 bits per heavy atom. The maximum atomic E-state index is 2.81. The maximum Gasteiger partial charge on any atom is -0.0215 e. The van der Waals surface area contributed by atoms with Gasteiger partial charge in [-0.2, -0.15) is 0 Å². The van der Waals surface area contributed by atoms with Gasteiger partial charge in [0.1, 0.15) is 0 Å². The molecule has 0 N–H and O–H groups in total. The molecule has 0 aromatic carbocycles. The summed E-state index contributed by atoms with van der Waals surface area (Å²) in [6.07, 6.45) is 14.7. The second-order valence-corrected chi connectivity index (χ2v) is 17.0. The Bertz CT molecular complexity index is 766. The summed E-state index contributed by atoms with van der Waals surface area (Å²) in [7, 11) is 0. The van der Waals surface area contributed by atoms with Gasteiger partial charge in [0.2, 0.25) is 0 Å². The molecule has 216 valence electrons. The molecule has 37 heavy (non-hydrogen) atoms. The molecule has 0 aliphatic heterocycles. The Balaban J connectivity index is 1.70. The van der Waals surface area contributed by atoms with Crippen LogP contribution in [0.15, 0.2) is 0 Å². The molecule has 4 fully saturated rings. The van der Waals surface area contributed by atoms with Gasteiger partial charge in [-0.15, -0.1) is 0 Å². The standard InChI is InChI=1S/C37H68/c1-13-15-16-17-18-30-19-29(14-2)25(6)33-26(7)34-28(9)37(12)27(8)32(23(3)4)24(5)20-36(37,11)22-35(34,10)21-31(30)33/h23-34H,13-22H2,1-12H3. The van der Waals surface area contributed by atoms with Gasteiger partial charge in [0, 0.05) is 0 Å². The largest absolute Gasteiger partial charge is 0.0654 e. The molecule has 4 aliphatic rings. The average molecular weight is 513 g/mol. The van der Waals surface area contributed by atoms with E-state index in [-0.39, 0.29) is 0 Å². The molecule has 0 amide bonds. The summed E-state index contributed by atoms with van der Waals surface area (Å²) in [5, 5.41) is 0. The van der Waals surface area contributed by atoms with Crippen LogP contribution < -0.4 is 0 Å². The first-order valence-electron chi connectivity index (χ1n) is 17.3. The topological polar surface area (TPSA) is 0 Å². The van der Waals surface area contributed by atoms with Gasteiger partial charge in [0.25, 0.3) is 0 Å². The van der Waals surface area contributed by atoms with Crippen LogP contribution in [0.4, 0.5) is 0 Å². The van der Waals surface area contributed by atoms with Gasteiger partial charge in [-0.25, -0.2) is 0 Å². The Morgan fingerprint density at radius 1 is 0.784 bits per heavy atom. The normalized spacial score (nSPS) is 53.9. The summed E-state index contributed by atoms with van der Waals surface area (Å²) in [4.78, 5) is 0. The van der Waals surface area contributed by atoms with Crippen molar-refractivity contribution in [2.45, 2.75) is 147 Å². The molecule has 0 aromatic rings. The highest BCUT2D eigenvalue weighted by Crippen LogP contribution is 2.75. The predicted molar refractivity (Wildman–Crippen MR) is 163 cm³/mol. The van der Waals surface area contributed by atoms with Gasteiger partial charge in [-0.1, -0.05) is 122 Å². The molecule has 0 heterocycles. The molecule has 4 rings (SSSR count). The minimum atomic E-state index is 0.460. The summed E-state index contributed by atoms with van der Waals surface area (Å²) in [6, 6.07) is 0. The number of hydrogen-bond acceptors (Lipinski definition) is 0. The summed E-state index contributed by atoms with van der Waals surface area (Å²) < 4.78 is 0. The molecule has 14 atom stereocenters. The Kier molecular flexibility index (Phi) is 8.72. The Morgan fingerprint density at radius 2 is 1.46 bits per heavy atom. The zero-order chi connectivity index (χ0) is 27.5. The van der Waals surface area contributed by atoms with Crippen LogP contribution in [0.1, 0.15) is 147 Å². The molecular weight excluding hydrogens is 444 g/mol. The van der Waals surface area contributed by atoms with Crippen molar-refractivity contribution in [3.63, 3.8) is 0 Å². The third-order valence-corrected chi connectivity index (χ3v) is 15.0. The average Bonchev–Trinajstić information content (AvgIpc) is 2.79. The van der Waals surface area contributed by atoms with E-state index in [9.17, 15) is 0 Å². The van der Waals surface area contributed by atoms with Crippen LogP contribution in [0, 0.1) is 87.3 Å². The second kappa shape index (κ2) is 10.8. The van der Waals surface area contributed by atoms with Crippen molar-refractivity contribution in [1.29, 1.82) is 0 Å². The van der Waals surface area contributed by atoms with E-state index in [0.29, 0.717) is 16.2 Å².